The molecule has 1 aliphatic heterocycles. The summed E-state index contributed by atoms with van der Waals surface area (Å²) in [7, 11) is 0. The Balaban J connectivity index is 1.43. The molecular weight excluding hydrogens is 388 g/mol. The molecule has 5 aromatic rings. The largest absolute Gasteiger partial charge is 0.456 e. The second-order valence-corrected chi connectivity index (χ2v) is 9.41. The van der Waals surface area contributed by atoms with Gasteiger partial charge in [0.05, 0.1) is 0 Å². The molecule has 32 heavy (non-hydrogen) atoms. The Kier molecular flexibility index (Phi) is 3.40. The Labute approximate surface area is 187 Å². The maximum atomic E-state index is 6.40. The van der Waals surface area contributed by atoms with Crippen LogP contribution >= 0.6 is 0 Å². The van der Waals surface area contributed by atoms with Gasteiger partial charge in [-0.2, -0.15) is 0 Å². The number of hydrogen-bond donors (Lipinski definition) is 0. The molecule has 0 saturated heterocycles. The van der Waals surface area contributed by atoms with Crippen molar-refractivity contribution >= 4 is 10.8 Å². The smallest absolute Gasteiger partial charge is 0.136 e. The van der Waals surface area contributed by atoms with Crippen LogP contribution in [0.5, 0.6) is 11.5 Å². The zero-order valence-electron chi connectivity index (χ0n) is 18.1. The highest BCUT2D eigenvalue weighted by atomic mass is 16.5. The van der Waals surface area contributed by atoms with Gasteiger partial charge in [-0.15, -0.1) is 0 Å². The van der Waals surface area contributed by atoms with E-state index in [-0.39, 0.29) is 5.41 Å². The zero-order chi connectivity index (χ0) is 21.4. The third-order valence-corrected chi connectivity index (χ3v) is 7.25. The maximum Gasteiger partial charge on any atom is 0.136 e. The van der Waals surface area contributed by atoms with Crippen molar-refractivity contribution in [2.45, 2.75) is 19.3 Å². The average molecular weight is 411 g/mol. The monoisotopic (exact) mass is 410 g/mol. The summed E-state index contributed by atoms with van der Waals surface area (Å²) >= 11 is 0. The van der Waals surface area contributed by atoms with Gasteiger partial charge in [0.2, 0.25) is 0 Å². The summed E-state index contributed by atoms with van der Waals surface area (Å²) in [5.74, 6) is 1.87. The van der Waals surface area contributed by atoms with Crippen LogP contribution in [-0.4, -0.2) is 0 Å². The van der Waals surface area contributed by atoms with E-state index in [1.54, 1.807) is 0 Å². The summed E-state index contributed by atoms with van der Waals surface area (Å²) in [5, 5.41) is 2.41. The van der Waals surface area contributed by atoms with Gasteiger partial charge in [0, 0.05) is 16.4 Å². The Morgan fingerprint density at radius 2 is 1.28 bits per heavy atom. The third kappa shape index (κ3) is 2.28. The Morgan fingerprint density at radius 3 is 2.19 bits per heavy atom. The lowest BCUT2D eigenvalue weighted by atomic mass is 9.81. The van der Waals surface area contributed by atoms with Gasteiger partial charge in [-0.1, -0.05) is 86.6 Å². The molecule has 2 aliphatic rings. The van der Waals surface area contributed by atoms with Crippen LogP contribution < -0.4 is 4.74 Å². The van der Waals surface area contributed by atoms with E-state index in [1.807, 2.05) is 6.07 Å². The van der Waals surface area contributed by atoms with Crippen molar-refractivity contribution in [3.63, 3.8) is 0 Å². The van der Waals surface area contributed by atoms with Gasteiger partial charge in [-0.25, -0.2) is 0 Å². The summed E-state index contributed by atoms with van der Waals surface area (Å²) in [6, 6.07) is 35.1. The standard InChI is InChI=1S/C31H22O/c1-31(2)26-12-5-3-9-22(26)23-15-14-19(17-27(23)31)21-16-20-8-7-11-25-24-10-4-6-13-28(24)32-29(18-21)30(20)25/h3-18H,1-2H3. The van der Waals surface area contributed by atoms with Gasteiger partial charge in [0.15, 0.2) is 0 Å². The molecule has 152 valence electrons. The third-order valence-electron chi connectivity index (χ3n) is 7.25. The minimum absolute atomic E-state index is 0.00430. The molecular formula is C31H22O. The van der Waals surface area contributed by atoms with Crippen molar-refractivity contribution in [2.24, 2.45) is 0 Å². The summed E-state index contributed by atoms with van der Waals surface area (Å²) in [5.41, 5.74) is 10.3. The van der Waals surface area contributed by atoms with Crippen molar-refractivity contribution in [3.8, 4) is 44.9 Å². The first-order valence-corrected chi connectivity index (χ1v) is 11.2. The summed E-state index contributed by atoms with van der Waals surface area (Å²) in [6.07, 6.45) is 0. The normalized spacial score (nSPS) is 14.4. The average Bonchev–Trinajstić information content (AvgIpc) is 3.06. The number of benzene rings is 5. The first kappa shape index (κ1) is 17.8. The van der Waals surface area contributed by atoms with Gasteiger partial charge < -0.3 is 4.74 Å². The lowest BCUT2D eigenvalue weighted by Gasteiger charge is -2.23. The van der Waals surface area contributed by atoms with Gasteiger partial charge in [-0.05, 0) is 68.6 Å². The van der Waals surface area contributed by atoms with Crippen molar-refractivity contribution < 1.29 is 4.74 Å². The van der Waals surface area contributed by atoms with Crippen LogP contribution in [0.2, 0.25) is 0 Å². The number of ether oxygens (including phenoxy) is 1. The number of hydrogen-bond acceptors (Lipinski definition) is 1. The summed E-state index contributed by atoms with van der Waals surface area (Å²) in [4.78, 5) is 0. The van der Waals surface area contributed by atoms with Crippen molar-refractivity contribution in [1.82, 2.24) is 0 Å². The SMILES string of the molecule is CC1(C)c2ccccc2-c2ccc(-c3cc4c5c(cccc5c3)-c3ccccc3O4)cc21. The van der Waals surface area contributed by atoms with E-state index < -0.39 is 0 Å². The quantitative estimate of drug-likeness (QED) is 0.264. The maximum absolute atomic E-state index is 6.40. The fourth-order valence-corrected chi connectivity index (χ4v) is 5.64. The molecule has 0 N–H and O–H groups in total. The van der Waals surface area contributed by atoms with Crippen LogP contribution in [0.1, 0.15) is 25.0 Å². The molecule has 0 atom stereocenters. The predicted octanol–water partition coefficient (Wildman–Crippen LogP) is 8.59. The van der Waals surface area contributed by atoms with Crippen LogP contribution in [0.15, 0.2) is 97.1 Å². The topological polar surface area (TPSA) is 9.23 Å². The van der Waals surface area contributed by atoms with Gasteiger partial charge in [0.1, 0.15) is 11.5 Å². The van der Waals surface area contributed by atoms with Crippen LogP contribution in [-0.2, 0) is 5.41 Å². The molecule has 1 heteroatoms. The number of rotatable bonds is 1. The highest BCUT2D eigenvalue weighted by molar-refractivity contribution is 6.05. The Bertz CT molecular complexity index is 1570. The van der Waals surface area contributed by atoms with E-state index in [4.69, 9.17) is 4.74 Å². The molecule has 7 rings (SSSR count). The lowest BCUT2D eigenvalue weighted by molar-refractivity contribution is 0.487. The van der Waals surface area contributed by atoms with Crippen molar-refractivity contribution in [1.29, 1.82) is 0 Å². The molecule has 0 bridgehead atoms. The van der Waals surface area contributed by atoms with Crippen LogP contribution in [0.25, 0.3) is 44.2 Å². The summed E-state index contributed by atoms with van der Waals surface area (Å²) in [6.45, 7) is 4.66. The highest BCUT2D eigenvalue weighted by Crippen LogP contribution is 2.51. The van der Waals surface area contributed by atoms with Crippen molar-refractivity contribution in [2.75, 3.05) is 0 Å². The second kappa shape index (κ2) is 6.11. The van der Waals surface area contributed by atoms with Crippen LogP contribution in [0, 0.1) is 0 Å². The highest BCUT2D eigenvalue weighted by Gasteiger charge is 2.35. The van der Waals surface area contributed by atoms with Gasteiger partial charge >= 0.3 is 0 Å². The minimum Gasteiger partial charge on any atom is -0.456 e. The lowest BCUT2D eigenvalue weighted by Crippen LogP contribution is -2.14. The fourth-order valence-electron chi connectivity index (χ4n) is 5.64. The van der Waals surface area contributed by atoms with E-state index >= 15 is 0 Å². The Morgan fingerprint density at radius 1 is 0.531 bits per heavy atom. The first-order valence-electron chi connectivity index (χ1n) is 11.2. The van der Waals surface area contributed by atoms with E-state index in [1.165, 1.54) is 49.7 Å². The fraction of sp³-hybridized carbons (Fsp3) is 0.0968. The van der Waals surface area contributed by atoms with Crippen LogP contribution in [0.4, 0.5) is 0 Å². The molecule has 1 heterocycles. The minimum atomic E-state index is -0.00430. The molecule has 1 aliphatic carbocycles. The number of para-hydroxylation sites is 1. The predicted molar refractivity (Wildman–Crippen MR) is 132 cm³/mol. The van der Waals surface area contributed by atoms with E-state index in [2.05, 4.69) is 105 Å². The molecule has 0 spiro atoms. The molecule has 0 radical (unpaired) electrons. The molecule has 1 nitrogen and oxygen atoms in total. The van der Waals surface area contributed by atoms with Gasteiger partial charge in [-0.3, -0.25) is 0 Å². The Hall–Kier alpha value is -3.84. The zero-order valence-corrected chi connectivity index (χ0v) is 18.1. The molecule has 0 aromatic heterocycles. The second-order valence-electron chi connectivity index (χ2n) is 9.41. The first-order chi connectivity index (χ1) is 15.6. The van der Waals surface area contributed by atoms with E-state index in [0.717, 1.165) is 17.1 Å². The summed E-state index contributed by atoms with van der Waals surface area (Å²) < 4.78 is 6.40. The molecule has 0 amide bonds. The van der Waals surface area contributed by atoms with Crippen molar-refractivity contribution in [3.05, 3.63) is 108 Å². The molecule has 0 unspecified atom stereocenters. The molecule has 5 aromatic carbocycles. The van der Waals surface area contributed by atoms with E-state index in [0.29, 0.717) is 0 Å². The van der Waals surface area contributed by atoms with E-state index in [9.17, 15) is 0 Å². The number of fused-ring (bicyclic) bond motifs is 5. The molecule has 0 fully saturated rings. The van der Waals surface area contributed by atoms with Crippen LogP contribution in [0.3, 0.4) is 0 Å². The van der Waals surface area contributed by atoms with Gasteiger partial charge in [0.25, 0.3) is 0 Å². The molecule has 0 saturated carbocycles.